The molecule has 2 amide bonds. The average Bonchev–Trinajstić information content (AvgIpc) is 2.99. The lowest BCUT2D eigenvalue weighted by Crippen LogP contribution is -2.46. The Bertz CT molecular complexity index is 461. The van der Waals surface area contributed by atoms with Gasteiger partial charge in [-0.2, -0.15) is 0 Å². The topological polar surface area (TPSA) is 75.4 Å². The maximum Gasteiger partial charge on any atom is 0.241 e. The predicted molar refractivity (Wildman–Crippen MR) is 84.2 cm³/mol. The fourth-order valence-corrected chi connectivity index (χ4v) is 2.33. The zero-order valence-electron chi connectivity index (χ0n) is 12.0. The second kappa shape index (κ2) is 8.64. The number of halogens is 1. The van der Waals surface area contributed by atoms with E-state index in [2.05, 4.69) is 5.32 Å². The summed E-state index contributed by atoms with van der Waals surface area (Å²) in [7, 11) is 0. The van der Waals surface area contributed by atoms with Crippen LogP contribution in [0.4, 0.5) is 0 Å². The van der Waals surface area contributed by atoms with Gasteiger partial charge in [-0.05, 0) is 24.8 Å². The number of nitrogens with one attached hydrogen (secondary N) is 1. The molecule has 0 aliphatic carbocycles. The highest BCUT2D eigenvalue weighted by Crippen LogP contribution is 2.07. The van der Waals surface area contributed by atoms with Gasteiger partial charge < -0.3 is 16.0 Å². The lowest BCUT2D eigenvalue weighted by atomic mass is 10.1. The van der Waals surface area contributed by atoms with Crippen LogP contribution in [0.3, 0.4) is 0 Å². The van der Waals surface area contributed by atoms with Crippen LogP contribution < -0.4 is 11.1 Å². The summed E-state index contributed by atoms with van der Waals surface area (Å²) < 4.78 is 0. The largest absolute Gasteiger partial charge is 0.346 e. The molecule has 0 spiro atoms. The van der Waals surface area contributed by atoms with Gasteiger partial charge in [0.05, 0.1) is 12.6 Å². The molecule has 2 rings (SSSR count). The van der Waals surface area contributed by atoms with Crippen molar-refractivity contribution in [2.45, 2.75) is 25.3 Å². The normalized spacial score (nSPS) is 15.2. The minimum atomic E-state index is -0.622. The van der Waals surface area contributed by atoms with Gasteiger partial charge in [-0.15, -0.1) is 12.4 Å². The average molecular weight is 312 g/mol. The van der Waals surface area contributed by atoms with Crippen LogP contribution in [0.15, 0.2) is 30.3 Å². The van der Waals surface area contributed by atoms with Gasteiger partial charge in [0.25, 0.3) is 0 Å². The molecule has 1 saturated heterocycles. The summed E-state index contributed by atoms with van der Waals surface area (Å²) >= 11 is 0. The molecule has 21 heavy (non-hydrogen) atoms. The predicted octanol–water partition coefficient (Wildman–Crippen LogP) is 0.717. The van der Waals surface area contributed by atoms with E-state index >= 15 is 0 Å². The molecular formula is C15H22ClN3O2. The van der Waals surface area contributed by atoms with Gasteiger partial charge in [0, 0.05) is 13.1 Å². The summed E-state index contributed by atoms with van der Waals surface area (Å²) in [6, 6.07) is 8.99. The van der Waals surface area contributed by atoms with Crippen LogP contribution in [0, 0.1) is 0 Å². The molecule has 116 valence electrons. The zero-order chi connectivity index (χ0) is 14.4. The van der Waals surface area contributed by atoms with E-state index < -0.39 is 6.04 Å². The molecule has 1 aliphatic rings. The van der Waals surface area contributed by atoms with Crippen LogP contribution >= 0.6 is 12.4 Å². The first-order valence-electron chi connectivity index (χ1n) is 7.02. The van der Waals surface area contributed by atoms with E-state index in [0.29, 0.717) is 6.42 Å². The quantitative estimate of drug-likeness (QED) is 0.841. The Labute approximate surface area is 131 Å². The molecule has 1 unspecified atom stereocenters. The maximum absolute atomic E-state index is 11.9. The molecule has 1 aliphatic heterocycles. The van der Waals surface area contributed by atoms with E-state index in [-0.39, 0.29) is 30.8 Å². The van der Waals surface area contributed by atoms with E-state index in [0.717, 1.165) is 31.5 Å². The molecule has 6 heteroatoms. The molecule has 1 heterocycles. The highest BCUT2D eigenvalue weighted by molar-refractivity contribution is 5.87. The summed E-state index contributed by atoms with van der Waals surface area (Å²) in [5.41, 5.74) is 6.87. The standard InChI is InChI=1S/C15H21N3O2.ClH/c16-13(10-12-6-2-1-3-7-12)15(20)17-11-14(19)18-8-4-5-9-18;/h1-3,6-7,13H,4-5,8-11,16H2,(H,17,20);1H. The number of rotatable bonds is 5. The van der Waals surface area contributed by atoms with E-state index in [1.54, 1.807) is 4.90 Å². The molecule has 3 N–H and O–H groups in total. The van der Waals surface area contributed by atoms with Crippen molar-refractivity contribution in [3.8, 4) is 0 Å². The number of nitrogens with zero attached hydrogens (tertiary/aromatic N) is 1. The van der Waals surface area contributed by atoms with Gasteiger partial charge in [0.2, 0.25) is 11.8 Å². The minimum Gasteiger partial charge on any atom is -0.346 e. The second-order valence-electron chi connectivity index (χ2n) is 5.10. The van der Waals surface area contributed by atoms with Crippen molar-refractivity contribution in [3.63, 3.8) is 0 Å². The van der Waals surface area contributed by atoms with Crippen molar-refractivity contribution < 1.29 is 9.59 Å². The first kappa shape index (κ1) is 17.5. The van der Waals surface area contributed by atoms with Crippen molar-refractivity contribution >= 4 is 24.2 Å². The molecule has 0 radical (unpaired) electrons. The SMILES string of the molecule is Cl.NC(Cc1ccccc1)C(=O)NCC(=O)N1CCCC1. The van der Waals surface area contributed by atoms with Crippen molar-refractivity contribution in [2.24, 2.45) is 5.73 Å². The highest BCUT2D eigenvalue weighted by atomic mass is 35.5. The van der Waals surface area contributed by atoms with Crippen LogP contribution in [0.5, 0.6) is 0 Å². The summed E-state index contributed by atoms with van der Waals surface area (Å²) in [5.74, 6) is -0.302. The third-order valence-corrected chi connectivity index (χ3v) is 3.51. The van der Waals surface area contributed by atoms with Crippen LogP contribution in [-0.4, -0.2) is 42.4 Å². The van der Waals surface area contributed by atoms with E-state index in [1.165, 1.54) is 0 Å². The highest BCUT2D eigenvalue weighted by Gasteiger charge is 2.20. The lowest BCUT2D eigenvalue weighted by molar-refractivity contribution is -0.132. The lowest BCUT2D eigenvalue weighted by Gasteiger charge is -2.17. The molecule has 0 bridgehead atoms. The van der Waals surface area contributed by atoms with Crippen molar-refractivity contribution in [2.75, 3.05) is 19.6 Å². The van der Waals surface area contributed by atoms with Gasteiger partial charge in [0.1, 0.15) is 0 Å². The molecule has 1 fully saturated rings. The Morgan fingerprint density at radius 3 is 2.43 bits per heavy atom. The van der Waals surface area contributed by atoms with E-state index in [1.807, 2.05) is 30.3 Å². The molecule has 0 aromatic heterocycles. The fraction of sp³-hybridized carbons (Fsp3) is 0.467. The number of nitrogens with two attached hydrogens (primary N) is 1. The Hall–Kier alpha value is -1.59. The maximum atomic E-state index is 11.9. The Balaban J connectivity index is 0.00000220. The number of hydrogen-bond donors (Lipinski definition) is 2. The number of carbonyl (C=O) groups is 2. The third-order valence-electron chi connectivity index (χ3n) is 3.51. The molecule has 1 aromatic rings. The summed E-state index contributed by atoms with van der Waals surface area (Å²) in [6.07, 6.45) is 2.57. The van der Waals surface area contributed by atoms with Gasteiger partial charge in [-0.1, -0.05) is 30.3 Å². The Kier molecular flexibility index (Phi) is 7.19. The van der Waals surface area contributed by atoms with Crippen molar-refractivity contribution in [1.29, 1.82) is 0 Å². The van der Waals surface area contributed by atoms with Gasteiger partial charge >= 0.3 is 0 Å². The minimum absolute atomic E-state index is 0. The number of amides is 2. The number of benzene rings is 1. The third kappa shape index (κ3) is 5.36. The fourth-order valence-electron chi connectivity index (χ4n) is 2.33. The number of hydrogen-bond acceptors (Lipinski definition) is 3. The number of likely N-dealkylation sites (tertiary alicyclic amines) is 1. The smallest absolute Gasteiger partial charge is 0.241 e. The molecule has 1 aromatic carbocycles. The van der Waals surface area contributed by atoms with Gasteiger partial charge in [0.15, 0.2) is 0 Å². The van der Waals surface area contributed by atoms with E-state index in [4.69, 9.17) is 5.73 Å². The van der Waals surface area contributed by atoms with Crippen LogP contribution in [0.25, 0.3) is 0 Å². The summed E-state index contributed by atoms with van der Waals surface area (Å²) in [5, 5.41) is 2.62. The summed E-state index contributed by atoms with van der Waals surface area (Å²) in [4.78, 5) is 25.4. The first-order chi connectivity index (χ1) is 9.66. The van der Waals surface area contributed by atoms with Crippen LogP contribution in [0.2, 0.25) is 0 Å². The first-order valence-corrected chi connectivity index (χ1v) is 7.02. The Morgan fingerprint density at radius 2 is 1.81 bits per heavy atom. The summed E-state index contributed by atoms with van der Waals surface area (Å²) in [6.45, 7) is 1.64. The molecular weight excluding hydrogens is 290 g/mol. The van der Waals surface area contributed by atoms with Crippen LogP contribution in [0.1, 0.15) is 18.4 Å². The molecule has 0 saturated carbocycles. The van der Waals surface area contributed by atoms with Crippen LogP contribution in [-0.2, 0) is 16.0 Å². The zero-order valence-corrected chi connectivity index (χ0v) is 12.8. The second-order valence-corrected chi connectivity index (χ2v) is 5.10. The molecule has 1 atom stereocenters. The van der Waals surface area contributed by atoms with Gasteiger partial charge in [-0.3, -0.25) is 9.59 Å². The van der Waals surface area contributed by atoms with Gasteiger partial charge in [-0.25, -0.2) is 0 Å². The number of carbonyl (C=O) groups excluding carboxylic acids is 2. The van der Waals surface area contributed by atoms with Crippen molar-refractivity contribution in [3.05, 3.63) is 35.9 Å². The van der Waals surface area contributed by atoms with E-state index in [9.17, 15) is 9.59 Å². The monoisotopic (exact) mass is 311 g/mol. The molecule has 5 nitrogen and oxygen atoms in total. The Morgan fingerprint density at radius 1 is 1.19 bits per heavy atom. The van der Waals surface area contributed by atoms with Crippen molar-refractivity contribution in [1.82, 2.24) is 10.2 Å².